The maximum absolute atomic E-state index is 14.0. The van der Waals surface area contributed by atoms with Crippen LogP contribution in [-0.4, -0.2) is 141 Å². The number of thiazole rings is 1. The quantitative estimate of drug-likeness (QED) is 0.0387. The van der Waals surface area contributed by atoms with Crippen molar-refractivity contribution in [1.29, 1.82) is 0 Å². The fourth-order valence-corrected chi connectivity index (χ4v) is 9.42. The van der Waals surface area contributed by atoms with Crippen LogP contribution in [-0.2, 0) is 26.3 Å². The van der Waals surface area contributed by atoms with E-state index in [9.17, 15) is 34.5 Å². The Labute approximate surface area is 349 Å². The fraction of sp³-hybridized carbons (Fsp3) is 0.469. The molecule has 4 aliphatic heterocycles. The number of β-lactam (4-membered cyclic amide) rings is 1. The molecule has 2 aromatic heterocycles. The summed E-state index contributed by atoms with van der Waals surface area (Å²) in [4.78, 5) is 65.3. The van der Waals surface area contributed by atoms with Gasteiger partial charge in [-0.2, -0.15) is 0 Å². The Morgan fingerprint density at radius 1 is 1.25 bits per heavy atom. The van der Waals surface area contributed by atoms with Crippen molar-refractivity contribution >= 4 is 74.9 Å². The molecule has 23 heteroatoms. The summed E-state index contributed by atoms with van der Waals surface area (Å²) in [6.45, 7) is 5.42. The molecular weight excluding hydrogens is 789 g/mol. The van der Waals surface area contributed by atoms with Crippen molar-refractivity contribution in [2.75, 3.05) is 44.2 Å². The summed E-state index contributed by atoms with van der Waals surface area (Å²) in [5.74, 6) is -3.14. The van der Waals surface area contributed by atoms with Crippen molar-refractivity contribution < 1.29 is 73.4 Å². The fourth-order valence-electron chi connectivity index (χ4n) is 7.32. The number of oxime groups is 1. The number of thioether (sulfide) groups is 1. The van der Waals surface area contributed by atoms with Gasteiger partial charge in [-0.15, -0.1) is 28.2 Å². The zero-order valence-electron chi connectivity index (χ0n) is 30.3. The van der Waals surface area contributed by atoms with Gasteiger partial charge < -0.3 is 45.4 Å². The molecule has 6 heterocycles. The second-order valence-electron chi connectivity index (χ2n) is 14.0. The number of carbonyl (C=O) groups is 4. The second-order valence-corrected chi connectivity index (χ2v) is 16.4. The molecule has 0 saturated carbocycles. The maximum Gasteiger partial charge on any atom is 1.00 e. The van der Waals surface area contributed by atoms with Crippen LogP contribution in [0.1, 0.15) is 48.6 Å². The number of amides is 3. The molecule has 7 rings (SSSR count). The number of benzene rings is 1. The van der Waals surface area contributed by atoms with Crippen LogP contribution >= 0.6 is 34.7 Å². The van der Waals surface area contributed by atoms with Gasteiger partial charge in [0.05, 0.1) is 42.9 Å². The van der Waals surface area contributed by atoms with E-state index < -0.39 is 46.3 Å². The Kier molecular flexibility index (Phi) is 11.5. The molecule has 1 aromatic carbocycles. The van der Waals surface area contributed by atoms with Gasteiger partial charge in [0.1, 0.15) is 29.7 Å². The van der Waals surface area contributed by atoms with E-state index in [0.717, 1.165) is 36.3 Å². The molecule has 4 atom stereocenters. The van der Waals surface area contributed by atoms with Gasteiger partial charge in [0.25, 0.3) is 17.7 Å². The maximum atomic E-state index is 14.0. The molecule has 0 aliphatic carbocycles. The number of rotatable bonds is 10. The summed E-state index contributed by atoms with van der Waals surface area (Å²) >= 11 is 8.56. The normalized spacial score (nSPS) is 23.7. The van der Waals surface area contributed by atoms with E-state index in [4.69, 9.17) is 22.2 Å². The number of quaternary nitrogens is 1. The van der Waals surface area contributed by atoms with E-state index in [1.807, 2.05) is 0 Å². The Morgan fingerprint density at radius 3 is 2.67 bits per heavy atom. The number of nitrogens with zero attached hydrogens (tertiary/aromatic N) is 9. The average Bonchev–Trinajstić information content (AvgIpc) is 3.88. The van der Waals surface area contributed by atoms with Crippen LogP contribution in [0.2, 0.25) is 5.02 Å². The summed E-state index contributed by atoms with van der Waals surface area (Å²) in [6.07, 6.45) is 1.82. The van der Waals surface area contributed by atoms with Gasteiger partial charge in [0.15, 0.2) is 33.8 Å². The molecule has 5 N–H and O–H groups in total. The van der Waals surface area contributed by atoms with Crippen molar-refractivity contribution in [2.24, 2.45) is 12.2 Å². The van der Waals surface area contributed by atoms with Gasteiger partial charge in [-0.25, -0.2) is 9.67 Å². The number of halogens is 1. The van der Waals surface area contributed by atoms with Crippen molar-refractivity contribution in [3.05, 3.63) is 45.2 Å². The van der Waals surface area contributed by atoms with Crippen LogP contribution in [0.15, 0.2) is 28.2 Å². The molecule has 3 aromatic rings. The summed E-state index contributed by atoms with van der Waals surface area (Å²) in [6, 6.07) is 1.67. The van der Waals surface area contributed by atoms with Gasteiger partial charge in [0, 0.05) is 42.2 Å². The zero-order valence-corrected chi connectivity index (χ0v) is 34.7. The van der Waals surface area contributed by atoms with E-state index in [0.29, 0.717) is 47.9 Å². The number of fused-ring (bicyclic) bond motifs is 2. The molecule has 3 fully saturated rings. The van der Waals surface area contributed by atoms with E-state index in [-0.39, 0.29) is 68.6 Å². The van der Waals surface area contributed by atoms with Gasteiger partial charge >= 0.3 is 29.6 Å². The largest absolute Gasteiger partial charge is 1.00 e. The number of hydrogen-bond donors (Lipinski definition) is 4. The number of aliphatic carboxylic acids is 1. The molecule has 0 bridgehead atoms. The minimum atomic E-state index is -1.87. The molecule has 0 radical (unpaired) electrons. The third kappa shape index (κ3) is 7.50. The summed E-state index contributed by atoms with van der Waals surface area (Å²) in [7, 11) is 1.68. The first-order valence-electron chi connectivity index (χ1n) is 16.9. The van der Waals surface area contributed by atoms with Crippen molar-refractivity contribution in [1.82, 2.24) is 40.3 Å². The number of piperazine rings is 1. The molecule has 0 spiro atoms. The smallest absolute Gasteiger partial charge is 0.546 e. The number of phenols is 2. The number of nitrogens with two attached hydrogens (primary N) is 1. The topological polar surface area (TPSA) is 254 Å². The molecule has 3 amide bonds. The van der Waals surface area contributed by atoms with E-state index in [1.54, 1.807) is 16.8 Å². The van der Waals surface area contributed by atoms with Crippen LogP contribution in [0.25, 0.3) is 5.70 Å². The summed E-state index contributed by atoms with van der Waals surface area (Å²) in [5, 5.41) is 51.1. The second kappa shape index (κ2) is 15.5. The number of nitrogens with one attached hydrogen (secondary N) is 1. The van der Waals surface area contributed by atoms with Crippen molar-refractivity contribution in [3.63, 3.8) is 0 Å². The minimum Gasteiger partial charge on any atom is -0.546 e. The van der Waals surface area contributed by atoms with Crippen LogP contribution in [0, 0.1) is 0 Å². The van der Waals surface area contributed by atoms with E-state index in [2.05, 4.69) is 31.0 Å². The van der Waals surface area contributed by atoms with Gasteiger partial charge in [-0.05, 0) is 36.4 Å². The number of carbonyl (C=O) groups excluding carboxylic acids is 4. The van der Waals surface area contributed by atoms with Gasteiger partial charge in [-0.1, -0.05) is 16.8 Å². The molecule has 55 heavy (non-hydrogen) atoms. The monoisotopic (exact) mass is 824 g/mol. The number of aromatic nitrogens is 5. The van der Waals surface area contributed by atoms with Crippen LogP contribution in [0.4, 0.5) is 5.13 Å². The summed E-state index contributed by atoms with van der Waals surface area (Å²) < 4.78 is 2.19. The molecule has 4 unspecified atom stereocenters. The number of anilines is 1. The van der Waals surface area contributed by atoms with Crippen LogP contribution in [0.5, 0.6) is 11.5 Å². The average molecular weight is 825 g/mol. The number of nitrogen functional groups attached to an aromatic ring is 1. The van der Waals surface area contributed by atoms with E-state index in [1.165, 1.54) is 47.8 Å². The first kappa shape index (κ1) is 40.7. The minimum absolute atomic E-state index is 0. The van der Waals surface area contributed by atoms with Gasteiger partial charge in [0.2, 0.25) is 0 Å². The Bertz CT molecular complexity index is 2110. The zero-order chi connectivity index (χ0) is 38.7. The molecule has 19 nitrogen and oxygen atoms in total. The molecule has 286 valence electrons. The number of tetrazole rings is 1. The third-order valence-electron chi connectivity index (χ3n) is 10.2. The first-order chi connectivity index (χ1) is 25.6. The number of aryl methyl sites for hydroxylation is 1. The molecule has 3 saturated heterocycles. The van der Waals surface area contributed by atoms with E-state index >= 15 is 0 Å². The number of carboxylic acids is 1. The summed E-state index contributed by atoms with van der Waals surface area (Å²) in [5.41, 5.74) is 5.29. The Hall–Kier alpha value is -3.99. The van der Waals surface area contributed by atoms with Crippen LogP contribution < -0.4 is 45.7 Å². The first-order valence-corrected chi connectivity index (χ1v) is 19.2. The number of hydrogen-bond acceptors (Lipinski definition) is 16. The number of carboxylic acid groups (broad SMARTS) is 1. The standard InChI is InChI=1S/C32H36ClN11O8S2.Na/c1-32(2,30(50)51)52-38-21(19-14-54-31(34)35-19)26(47)36-22-28(49)43-23(25-37-39-40-41(25)3)16(13-53-29(22)43)12-44-7-4-5-17(44)11-42(6-8-44)27(48)15-9-18(33)24(46)20(45)10-15;/h9-10,14,17,22,29H,4-8,11-13H2,1-3H3,(H5-,34,35,36,38,39,40,45,46,47,48,50,51);/q;+1. The van der Waals surface area contributed by atoms with Crippen LogP contribution in [0.3, 0.4) is 0 Å². The number of aromatic hydroxyl groups is 2. The molecular formula is C32H36ClN11NaO8S2+. The predicted octanol–water partition coefficient (Wildman–Crippen LogP) is -3.49. The SMILES string of the molecule is Cn1nnnc1C1=C(C[N+]23CCCC2CN(C(=O)c2cc(O)c(O)c(Cl)c2)CC3)CSC2C(NC(=O)/C(=N\OC(C)(C)C(=O)[O-])c3csc(N)n3)C(=O)N12.[Na+]. The third-order valence-corrected chi connectivity index (χ3v) is 12.5. The van der Waals surface area contributed by atoms with Gasteiger partial charge in [-0.3, -0.25) is 19.3 Å². The Morgan fingerprint density at radius 2 is 2.02 bits per heavy atom. The number of phenolic OH excluding ortho intramolecular Hbond substituents is 2. The molecule has 4 aliphatic rings. The predicted molar refractivity (Wildman–Crippen MR) is 193 cm³/mol. The Balaban J connectivity index is 0.00000514. The van der Waals surface area contributed by atoms with Crippen molar-refractivity contribution in [3.8, 4) is 11.5 Å². The van der Waals surface area contributed by atoms with Crippen molar-refractivity contribution in [2.45, 2.75) is 49.7 Å².